The van der Waals surface area contributed by atoms with E-state index in [1.807, 2.05) is 0 Å². The zero-order chi connectivity index (χ0) is 8.39. The molecule has 2 aliphatic rings. The first-order chi connectivity index (χ1) is 5.86. The molecule has 1 N–H and O–H groups in total. The maximum Gasteiger partial charge on any atom is 0.00965 e. The van der Waals surface area contributed by atoms with Crippen molar-refractivity contribution in [1.82, 2.24) is 10.2 Å². The van der Waals surface area contributed by atoms with Gasteiger partial charge in [0.05, 0.1) is 0 Å². The molecule has 0 bridgehead atoms. The third kappa shape index (κ3) is 2.20. The smallest absolute Gasteiger partial charge is 0.00965 e. The minimum atomic E-state index is 0.839. The van der Waals surface area contributed by atoms with Crippen molar-refractivity contribution in [1.29, 1.82) is 0 Å². The van der Waals surface area contributed by atoms with Gasteiger partial charge in [-0.05, 0) is 44.8 Å². The zero-order valence-corrected chi connectivity index (χ0v) is 8.05. The molecule has 1 heterocycles. The summed E-state index contributed by atoms with van der Waals surface area (Å²) >= 11 is 0. The van der Waals surface area contributed by atoms with E-state index in [1.54, 1.807) is 0 Å². The number of nitrogens with one attached hydrogen (secondary N) is 1. The minimum Gasteiger partial charge on any atom is -0.316 e. The van der Waals surface area contributed by atoms with Crippen LogP contribution in [0.3, 0.4) is 0 Å². The average Bonchev–Trinajstić information content (AvgIpc) is 2.78. The second-order valence-electron chi connectivity index (χ2n) is 4.39. The van der Waals surface area contributed by atoms with Crippen molar-refractivity contribution in [3.05, 3.63) is 0 Å². The zero-order valence-electron chi connectivity index (χ0n) is 8.05. The van der Waals surface area contributed by atoms with Gasteiger partial charge < -0.3 is 10.2 Å². The third-order valence-corrected chi connectivity index (χ3v) is 2.90. The number of hydrogen-bond acceptors (Lipinski definition) is 2. The molecule has 0 aromatic heterocycles. The quantitative estimate of drug-likeness (QED) is 0.630. The van der Waals surface area contributed by atoms with Crippen LogP contribution in [0.4, 0.5) is 0 Å². The lowest BCUT2D eigenvalue weighted by Gasteiger charge is -2.28. The van der Waals surface area contributed by atoms with E-state index in [1.165, 1.54) is 45.4 Å². The van der Waals surface area contributed by atoms with Gasteiger partial charge in [0, 0.05) is 12.6 Å². The van der Waals surface area contributed by atoms with Crippen LogP contribution in [0.15, 0.2) is 0 Å². The number of rotatable bonds is 1. The molecule has 0 radical (unpaired) electrons. The van der Waals surface area contributed by atoms with E-state index in [9.17, 15) is 0 Å². The van der Waals surface area contributed by atoms with Gasteiger partial charge in [-0.1, -0.05) is 6.92 Å². The molecule has 2 rings (SSSR count). The summed E-state index contributed by atoms with van der Waals surface area (Å²) in [5, 5.41) is 3.49. The molecule has 2 heteroatoms. The van der Waals surface area contributed by atoms with Gasteiger partial charge in [-0.2, -0.15) is 0 Å². The van der Waals surface area contributed by atoms with Crippen LogP contribution < -0.4 is 5.32 Å². The summed E-state index contributed by atoms with van der Waals surface area (Å²) in [5.41, 5.74) is 0. The summed E-state index contributed by atoms with van der Waals surface area (Å²) < 4.78 is 0. The molecular weight excluding hydrogens is 148 g/mol. The maximum atomic E-state index is 3.49. The van der Waals surface area contributed by atoms with Crippen LogP contribution in [-0.2, 0) is 0 Å². The molecule has 1 saturated heterocycles. The van der Waals surface area contributed by atoms with Gasteiger partial charge >= 0.3 is 0 Å². The molecule has 1 aliphatic carbocycles. The van der Waals surface area contributed by atoms with Crippen LogP contribution in [0.5, 0.6) is 0 Å². The third-order valence-electron chi connectivity index (χ3n) is 2.90. The molecule has 70 valence electrons. The van der Waals surface area contributed by atoms with E-state index in [4.69, 9.17) is 0 Å². The molecule has 2 nitrogen and oxygen atoms in total. The fourth-order valence-electron chi connectivity index (χ4n) is 2.08. The molecule has 1 atom stereocenters. The molecule has 0 aromatic carbocycles. The Hall–Kier alpha value is -0.0800. The van der Waals surface area contributed by atoms with E-state index in [-0.39, 0.29) is 0 Å². The standard InChI is InChI=1S/C10H20N2/c1-9-7-11-5-2-6-12(8-9)10-3-4-10/h9-11H,2-8H2,1H3. The SMILES string of the molecule is CC1CNCCCN(C2CC2)C1. The first-order valence-electron chi connectivity index (χ1n) is 5.31. The summed E-state index contributed by atoms with van der Waals surface area (Å²) in [6.45, 7) is 7.42. The van der Waals surface area contributed by atoms with Crippen molar-refractivity contribution in [3.8, 4) is 0 Å². The Morgan fingerprint density at radius 3 is 2.92 bits per heavy atom. The monoisotopic (exact) mass is 168 g/mol. The Morgan fingerprint density at radius 1 is 1.33 bits per heavy atom. The first kappa shape index (κ1) is 8.52. The molecule has 12 heavy (non-hydrogen) atoms. The Balaban J connectivity index is 1.83. The molecular formula is C10H20N2. The molecule has 1 unspecified atom stereocenters. The average molecular weight is 168 g/mol. The van der Waals surface area contributed by atoms with E-state index in [0.717, 1.165) is 12.0 Å². The highest BCUT2D eigenvalue weighted by Crippen LogP contribution is 2.27. The van der Waals surface area contributed by atoms with Gasteiger partial charge in [0.25, 0.3) is 0 Å². The van der Waals surface area contributed by atoms with Gasteiger partial charge in [-0.15, -0.1) is 0 Å². The van der Waals surface area contributed by atoms with Gasteiger partial charge in [0.1, 0.15) is 0 Å². The molecule has 0 aromatic rings. The van der Waals surface area contributed by atoms with Crippen molar-refractivity contribution < 1.29 is 0 Å². The highest BCUT2D eigenvalue weighted by atomic mass is 15.2. The second kappa shape index (κ2) is 3.75. The van der Waals surface area contributed by atoms with E-state index >= 15 is 0 Å². The summed E-state index contributed by atoms with van der Waals surface area (Å²) in [7, 11) is 0. The van der Waals surface area contributed by atoms with Crippen molar-refractivity contribution >= 4 is 0 Å². The maximum absolute atomic E-state index is 3.49. The van der Waals surface area contributed by atoms with E-state index < -0.39 is 0 Å². The summed E-state index contributed by atoms with van der Waals surface area (Å²) in [4.78, 5) is 2.70. The van der Waals surface area contributed by atoms with Crippen molar-refractivity contribution in [2.75, 3.05) is 26.2 Å². The van der Waals surface area contributed by atoms with Crippen LogP contribution in [0.25, 0.3) is 0 Å². The highest BCUT2D eigenvalue weighted by Gasteiger charge is 2.29. The Labute approximate surface area is 75.3 Å². The number of hydrogen-bond donors (Lipinski definition) is 1. The fraction of sp³-hybridized carbons (Fsp3) is 1.00. The van der Waals surface area contributed by atoms with E-state index in [2.05, 4.69) is 17.1 Å². The molecule has 0 spiro atoms. The molecule has 0 amide bonds. The van der Waals surface area contributed by atoms with Gasteiger partial charge in [0.15, 0.2) is 0 Å². The highest BCUT2D eigenvalue weighted by molar-refractivity contribution is 4.86. The van der Waals surface area contributed by atoms with Crippen LogP contribution >= 0.6 is 0 Å². The van der Waals surface area contributed by atoms with E-state index in [0.29, 0.717) is 0 Å². The van der Waals surface area contributed by atoms with Crippen LogP contribution in [0.2, 0.25) is 0 Å². The van der Waals surface area contributed by atoms with Gasteiger partial charge in [0.2, 0.25) is 0 Å². The second-order valence-corrected chi connectivity index (χ2v) is 4.39. The molecule has 1 aliphatic heterocycles. The van der Waals surface area contributed by atoms with Gasteiger partial charge in [-0.25, -0.2) is 0 Å². The first-order valence-corrected chi connectivity index (χ1v) is 5.31. The summed E-state index contributed by atoms with van der Waals surface area (Å²) in [5.74, 6) is 0.839. The topological polar surface area (TPSA) is 15.3 Å². The molecule has 1 saturated carbocycles. The van der Waals surface area contributed by atoms with Crippen LogP contribution in [0.1, 0.15) is 26.2 Å². The lowest BCUT2D eigenvalue weighted by molar-refractivity contribution is 0.208. The van der Waals surface area contributed by atoms with Gasteiger partial charge in [-0.3, -0.25) is 0 Å². The summed E-state index contributed by atoms with van der Waals surface area (Å²) in [6, 6.07) is 0.963. The number of nitrogens with zero attached hydrogens (tertiary/aromatic N) is 1. The predicted molar refractivity (Wildman–Crippen MR) is 51.2 cm³/mol. The Kier molecular flexibility index (Phi) is 2.66. The largest absolute Gasteiger partial charge is 0.316 e. The van der Waals surface area contributed by atoms with Crippen molar-refractivity contribution in [3.63, 3.8) is 0 Å². The predicted octanol–water partition coefficient (Wildman–Crippen LogP) is 1.08. The minimum absolute atomic E-state index is 0.839. The van der Waals surface area contributed by atoms with Crippen LogP contribution in [-0.4, -0.2) is 37.1 Å². The normalized spacial score (nSPS) is 34.2. The summed E-state index contributed by atoms with van der Waals surface area (Å²) in [6.07, 6.45) is 4.25. The van der Waals surface area contributed by atoms with Crippen LogP contribution in [0, 0.1) is 5.92 Å². The Morgan fingerprint density at radius 2 is 2.17 bits per heavy atom. The lowest BCUT2D eigenvalue weighted by Crippen LogP contribution is -2.39. The Bertz CT molecular complexity index is 143. The lowest BCUT2D eigenvalue weighted by atomic mass is 10.1. The molecule has 2 fully saturated rings. The fourth-order valence-corrected chi connectivity index (χ4v) is 2.08. The van der Waals surface area contributed by atoms with Crippen molar-refractivity contribution in [2.24, 2.45) is 5.92 Å². The van der Waals surface area contributed by atoms with Crippen molar-refractivity contribution in [2.45, 2.75) is 32.2 Å².